The molecule has 2 heteroatoms. The van der Waals surface area contributed by atoms with Crippen LogP contribution in [0.15, 0.2) is 40.2 Å². The maximum atomic E-state index is 3.29. The second-order valence-corrected chi connectivity index (χ2v) is 5.39. The first-order valence-corrected chi connectivity index (χ1v) is 6.28. The molecule has 0 atom stereocenters. The summed E-state index contributed by atoms with van der Waals surface area (Å²) in [5.74, 6) is 0. The number of aromatic nitrogens is 1. The van der Waals surface area contributed by atoms with Gasteiger partial charge in [0.05, 0.1) is 0 Å². The van der Waals surface area contributed by atoms with Crippen LogP contribution in [0.1, 0.15) is 19.8 Å². The van der Waals surface area contributed by atoms with Crippen LogP contribution in [0.4, 0.5) is 0 Å². The number of H-pyrrole nitrogens is 1. The Balaban J connectivity index is 2.11. The molecule has 0 bridgehead atoms. The van der Waals surface area contributed by atoms with E-state index in [0.717, 1.165) is 0 Å². The number of rotatable bonds is 3. The van der Waals surface area contributed by atoms with Gasteiger partial charge in [-0.05, 0) is 0 Å². The minimum atomic E-state index is 0.260. The second-order valence-electron chi connectivity index (χ2n) is 2.97. The zero-order valence-electron chi connectivity index (χ0n) is 7.65. The van der Waals surface area contributed by atoms with Gasteiger partial charge in [-0.2, -0.15) is 0 Å². The third-order valence-corrected chi connectivity index (χ3v) is 4.53. The Bertz CT molecular complexity index is 333. The van der Waals surface area contributed by atoms with Crippen molar-refractivity contribution in [2.24, 2.45) is 0 Å². The Kier molecular flexibility index (Phi) is 2.80. The van der Waals surface area contributed by atoms with Gasteiger partial charge in [-0.25, -0.2) is 0 Å². The van der Waals surface area contributed by atoms with E-state index in [1.54, 1.807) is 9.74 Å². The Labute approximate surface area is 86.5 Å². The van der Waals surface area contributed by atoms with Crippen molar-refractivity contribution >= 4 is 4.29 Å². The van der Waals surface area contributed by atoms with Crippen LogP contribution in [-0.4, -0.2) is 4.98 Å². The fourth-order valence-electron chi connectivity index (χ4n) is 1.39. The molecule has 0 spiro atoms. The van der Waals surface area contributed by atoms with Crippen LogP contribution in [0.25, 0.3) is 0 Å². The molecule has 2 rings (SSSR count). The van der Waals surface area contributed by atoms with Crippen molar-refractivity contribution in [3.8, 4) is 0 Å². The van der Waals surface area contributed by atoms with Crippen LogP contribution in [0, 0.1) is 0 Å². The van der Waals surface area contributed by atoms with Crippen LogP contribution < -0.4 is 4.29 Å². The van der Waals surface area contributed by atoms with E-state index in [9.17, 15) is 0 Å². The summed E-state index contributed by atoms with van der Waals surface area (Å²) in [6, 6.07) is 4.27. The Morgan fingerprint density at radius 1 is 1.54 bits per heavy atom. The molecule has 1 nitrogen and oxygen atoms in total. The number of hydrogen-bond donors (Lipinski definition) is 1. The standard InChI is InChI=1S/C7H9.C4H4N.Ru/c1-2-7-5-3-4-6-7;1-2-4-5-3-1;/h3,5H,2,4H2,1H3;1-3,5H;. The van der Waals surface area contributed by atoms with Gasteiger partial charge in [0.25, 0.3) is 0 Å². The second kappa shape index (κ2) is 4.06. The number of nitrogens with one attached hydrogen (secondary N) is 1. The Morgan fingerprint density at radius 2 is 2.46 bits per heavy atom. The van der Waals surface area contributed by atoms with E-state index in [-0.39, 0.29) is 17.1 Å². The van der Waals surface area contributed by atoms with Crippen molar-refractivity contribution in [3.05, 3.63) is 40.2 Å². The van der Waals surface area contributed by atoms with Crippen LogP contribution in [0.3, 0.4) is 0 Å². The molecule has 0 radical (unpaired) electrons. The monoisotopic (exact) mass is 261 g/mol. The summed E-state index contributed by atoms with van der Waals surface area (Å²) in [6.07, 6.45) is 8.94. The van der Waals surface area contributed by atoms with Crippen molar-refractivity contribution in [3.63, 3.8) is 0 Å². The summed E-state index contributed by atoms with van der Waals surface area (Å²) in [7, 11) is 0. The normalized spacial score (nSPS) is 16.1. The van der Waals surface area contributed by atoms with Gasteiger partial charge in [-0.3, -0.25) is 0 Å². The quantitative estimate of drug-likeness (QED) is 0.803. The Hall–Kier alpha value is -0.617. The van der Waals surface area contributed by atoms with Crippen LogP contribution >= 0.6 is 0 Å². The molecule has 1 heterocycles. The third-order valence-electron chi connectivity index (χ3n) is 2.09. The summed E-state index contributed by atoms with van der Waals surface area (Å²) in [5.41, 5.74) is 1.56. The number of hydrogen-bond acceptors (Lipinski definition) is 0. The number of allylic oxidation sites excluding steroid dienone is 4. The van der Waals surface area contributed by atoms with Crippen molar-refractivity contribution in [1.82, 2.24) is 4.98 Å². The zero-order valence-corrected chi connectivity index (χ0v) is 9.39. The van der Waals surface area contributed by atoms with Crippen molar-refractivity contribution in [1.29, 1.82) is 0 Å². The molecule has 1 aliphatic carbocycles. The molecule has 1 N–H and O–H groups in total. The van der Waals surface area contributed by atoms with Crippen molar-refractivity contribution < 1.29 is 17.1 Å². The molecular formula is C11H13NRu. The molecule has 0 saturated heterocycles. The van der Waals surface area contributed by atoms with E-state index < -0.39 is 0 Å². The van der Waals surface area contributed by atoms with Crippen LogP contribution in [-0.2, 0) is 17.1 Å². The van der Waals surface area contributed by atoms with E-state index in [4.69, 9.17) is 0 Å². The summed E-state index contributed by atoms with van der Waals surface area (Å²) in [5, 5.41) is 0. The van der Waals surface area contributed by atoms with Gasteiger partial charge in [0, 0.05) is 0 Å². The van der Waals surface area contributed by atoms with E-state index in [0.29, 0.717) is 0 Å². The number of aromatic amines is 1. The maximum absolute atomic E-state index is 3.29. The topological polar surface area (TPSA) is 15.8 Å². The molecule has 0 saturated carbocycles. The predicted octanol–water partition coefficient (Wildman–Crippen LogP) is 2.35. The molecule has 70 valence electrons. The molecule has 13 heavy (non-hydrogen) atoms. The molecule has 0 fully saturated rings. The Morgan fingerprint density at radius 3 is 3.15 bits per heavy atom. The van der Waals surface area contributed by atoms with E-state index in [2.05, 4.69) is 36.2 Å². The van der Waals surface area contributed by atoms with Gasteiger partial charge in [-0.1, -0.05) is 0 Å². The molecule has 1 aromatic heterocycles. The van der Waals surface area contributed by atoms with E-state index >= 15 is 0 Å². The van der Waals surface area contributed by atoms with Gasteiger partial charge >= 0.3 is 86.4 Å². The summed E-state index contributed by atoms with van der Waals surface area (Å²) >= 11 is 0.260. The van der Waals surface area contributed by atoms with Gasteiger partial charge in [0.2, 0.25) is 0 Å². The zero-order chi connectivity index (χ0) is 9.10. The summed E-state index contributed by atoms with van der Waals surface area (Å²) in [6.45, 7) is 2.24. The molecule has 0 aliphatic heterocycles. The molecular weight excluding hydrogens is 247 g/mol. The van der Waals surface area contributed by atoms with E-state index in [1.807, 2.05) is 6.20 Å². The average Bonchev–Trinajstić information content (AvgIpc) is 2.76. The van der Waals surface area contributed by atoms with Crippen LogP contribution in [0.2, 0.25) is 0 Å². The predicted molar refractivity (Wildman–Crippen MR) is 51.5 cm³/mol. The molecule has 0 aromatic carbocycles. The van der Waals surface area contributed by atoms with Gasteiger partial charge in [-0.15, -0.1) is 0 Å². The molecule has 1 aliphatic rings. The molecule has 0 unspecified atom stereocenters. The minimum absolute atomic E-state index is 0.260. The SMILES string of the molecule is CCC1=[C]([Ru][c]2ccc[nH]2)CC=C1. The van der Waals surface area contributed by atoms with Gasteiger partial charge in [0.15, 0.2) is 0 Å². The third kappa shape index (κ3) is 2.00. The van der Waals surface area contributed by atoms with Gasteiger partial charge in [0.1, 0.15) is 0 Å². The molecule has 0 amide bonds. The van der Waals surface area contributed by atoms with Gasteiger partial charge < -0.3 is 0 Å². The fraction of sp³-hybridized carbons (Fsp3) is 0.273. The first kappa shape index (κ1) is 8.96. The van der Waals surface area contributed by atoms with E-state index in [1.165, 1.54) is 17.1 Å². The van der Waals surface area contributed by atoms with Crippen LogP contribution in [0.5, 0.6) is 0 Å². The first-order valence-electron chi connectivity index (χ1n) is 4.54. The first-order chi connectivity index (χ1) is 6.40. The summed E-state index contributed by atoms with van der Waals surface area (Å²) < 4.78 is 3.08. The molecule has 1 aromatic rings. The van der Waals surface area contributed by atoms with Crippen molar-refractivity contribution in [2.75, 3.05) is 0 Å². The van der Waals surface area contributed by atoms with Crippen molar-refractivity contribution in [2.45, 2.75) is 19.8 Å². The fourth-order valence-corrected chi connectivity index (χ4v) is 3.65. The summed E-state index contributed by atoms with van der Waals surface area (Å²) in [4.78, 5) is 3.29. The average molecular weight is 260 g/mol.